The Morgan fingerprint density at radius 2 is 2.22 bits per heavy atom. The van der Waals surface area contributed by atoms with Crippen molar-refractivity contribution in [3.63, 3.8) is 0 Å². The standard InChI is InChI=1S/C13H11N3O2/c1-18-8-2-3-11-9(6-8)10(7-14-11)13(17)12-4-5-15-16-12/h2-7,14H,1H3,(H,15,16). The van der Waals surface area contributed by atoms with Crippen LogP contribution in [-0.2, 0) is 0 Å². The van der Waals surface area contributed by atoms with Crippen molar-refractivity contribution in [2.75, 3.05) is 7.11 Å². The third-order valence-corrected chi connectivity index (χ3v) is 2.88. The molecule has 2 aromatic heterocycles. The minimum atomic E-state index is -0.0907. The van der Waals surface area contributed by atoms with E-state index in [9.17, 15) is 4.79 Å². The number of hydrogen-bond donors (Lipinski definition) is 2. The van der Waals surface area contributed by atoms with E-state index in [0.717, 1.165) is 16.7 Å². The fourth-order valence-corrected chi connectivity index (χ4v) is 1.94. The van der Waals surface area contributed by atoms with Crippen LogP contribution in [0.2, 0.25) is 0 Å². The largest absolute Gasteiger partial charge is 0.497 e. The Labute approximate surface area is 103 Å². The van der Waals surface area contributed by atoms with Crippen molar-refractivity contribution in [2.24, 2.45) is 0 Å². The van der Waals surface area contributed by atoms with Gasteiger partial charge in [0.25, 0.3) is 0 Å². The number of methoxy groups -OCH3 is 1. The fourth-order valence-electron chi connectivity index (χ4n) is 1.94. The normalized spacial score (nSPS) is 10.7. The molecule has 0 fully saturated rings. The van der Waals surface area contributed by atoms with E-state index < -0.39 is 0 Å². The highest BCUT2D eigenvalue weighted by atomic mass is 16.5. The van der Waals surface area contributed by atoms with Gasteiger partial charge >= 0.3 is 0 Å². The maximum atomic E-state index is 12.3. The number of ketones is 1. The molecule has 90 valence electrons. The van der Waals surface area contributed by atoms with Crippen LogP contribution in [0, 0.1) is 0 Å². The second-order valence-corrected chi connectivity index (χ2v) is 3.91. The highest BCUT2D eigenvalue weighted by Crippen LogP contribution is 2.24. The maximum absolute atomic E-state index is 12.3. The first-order valence-corrected chi connectivity index (χ1v) is 5.49. The lowest BCUT2D eigenvalue weighted by Gasteiger charge is -2.00. The topological polar surface area (TPSA) is 70.8 Å². The van der Waals surface area contributed by atoms with Gasteiger partial charge in [-0.05, 0) is 24.3 Å². The molecule has 5 heteroatoms. The van der Waals surface area contributed by atoms with Gasteiger partial charge in [0.1, 0.15) is 11.4 Å². The molecule has 2 heterocycles. The van der Waals surface area contributed by atoms with Crippen LogP contribution in [0.25, 0.3) is 10.9 Å². The van der Waals surface area contributed by atoms with Crippen molar-refractivity contribution in [1.29, 1.82) is 0 Å². The summed E-state index contributed by atoms with van der Waals surface area (Å²) in [5.74, 6) is 0.632. The minimum Gasteiger partial charge on any atom is -0.497 e. The summed E-state index contributed by atoms with van der Waals surface area (Å²) in [6.45, 7) is 0. The smallest absolute Gasteiger partial charge is 0.212 e. The molecule has 0 saturated carbocycles. The van der Waals surface area contributed by atoms with Gasteiger partial charge in [-0.1, -0.05) is 0 Å². The van der Waals surface area contributed by atoms with Gasteiger partial charge in [-0.25, -0.2) is 0 Å². The summed E-state index contributed by atoms with van der Waals surface area (Å²) in [6.07, 6.45) is 3.26. The Bertz CT molecular complexity index is 698. The average Bonchev–Trinajstić information content (AvgIpc) is 3.06. The molecule has 0 saturated heterocycles. The van der Waals surface area contributed by atoms with E-state index in [-0.39, 0.29) is 5.78 Å². The predicted octanol–water partition coefficient (Wildman–Crippen LogP) is 2.13. The SMILES string of the molecule is COc1ccc2[nH]cc(C(=O)c3ccn[nH]3)c2c1. The first-order valence-electron chi connectivity index (χ1n) is 5.49. The van der Waals surface area contributed by atoms with Crippen molar-refractivity contribution < 1.29 is 9.53 Å². The third kappa shape index (κ3) is 1.57. The van der Waals surface area contributed by atoms with Crippen LogP contribution in [0.1, 0.15) is 16.1 Å². The Morgan fingerprint density at radius 1 is 1.33 bits per heavy atom. The van der Waals surface area contributed by atoms with Gasteiger partial charge < -0.3 is 9.72 Å². The molecule has 0 amide bonds. The Morgan fingerprint density at radius 3 is 2.94 bits per heavy atom. The molecule has 1 aromatic carbocycles. The van der Waals surface area contributed by atoms with Crippen LogP contribution >= 0.6 is 0 Å². The number of ether oxygens (including phenoxy) is 1. The zero-order valence-corrected chi connectivity index (χ0v) is 9.73. The van der Waals surface area contributed by atoms with Gasteiger partial charge in [0.2, 0.25) is 5.78 Å². The molecule has 0 bridgehead atoms. The van der Waals surface area contributed by atoms with Crippen molar-refractivity contribution in [1.82, 2.24) is 15.2 Å². The van der Waals surface area contributed by atoms with E-state index in [1.165, 1.54) is 0 Å². The zero-order valence-electron chi connectivity index (χ0n) is 9.73. The second kappa shape index (κ2) is 4.03. The molecule has 5 nitrogen and oxygen atoms in total. The van der Waals surface area contributed by atoms with Gasteiger partial charge in [0.15, 0.2) is 0 Å². The number of aromatic nitrogens is 3. The van der Waals surface area contributed by atoms with Crippen molar-refractivity contribution >= 4 is 16.7 Å². The van der Waals surface area contributed by atoms with Gasteiger partial charge in [-0.3, -0.25) is 9.89 Å². The lowest BCUT2D eigenvalue weighted by atomic mass is 10.1. The van der Waals surface area contributed by atoms with E-state index in [1.807, 2.05) is 18.2 Å². The molecule has 0 unspecified atom stereocenters. The summed E-state index contributed by atoms with van der Waals surface area (Å²) in [5.41, 5.74) is 1.98. The molecule has 0 spiro atoms. The van der Waals surface area contributed by atoms with Crippen LogP contribution in [0.15, 0.2) is 36.7 Å². The molecular weight excluding hydrogens is 230 g/mol. The number of hydrogen-bond acceptors (Lipinski definition) is 3. The number of rotatable bonds is 3. The molecule has 0 aliphatic rings. The van der Waals surface area contributed by atoms with Crippen molar-refractivity contribution in [3.8, 4) is 5.75 Å². The molecule has 0 radical (unpaired) electrons. The monoisotopic (exact) mass is 241 g/mol. The van der Waals surface area contributed by atoms with Crippen LogP contribution in [0.4, 0.5) is 0 Å². The molecule has 3 aromatic rings. The van der Waals surface area contributed by atoms with Gasteiger partial charge in [0, 0.05) is 28.9 Å². The van der Waals surface area contributed by atoms with E-state index in [0.29, 0.717) is 11.3 Å². The molecule has 0 atom stereocenters. The number of aromatic amines is 2. The maximum Gasteiger partial charge on any atom is 0.212 e. The Balaban J connectivity index is 2.14. The lowest BCUT2D eigenvalue weighted by Crippen LogP contribution is -2.00. The number of fused-ring (bicyclic) bond motifs is 1. The summed E-state index contributed by atoms with van der Waals surface area (Å²) in [5, 5.41) is 7.30. The zero-order chi connectivity index (χ0) is 12.5. The molecule has 0 aliphatic heterocycles. The number of carbonyl (C=O) groups is 1. The van der Waals surface area contributed by atoms with E-state index in [1.54, 1.807) is 25.6 Å². The molecule has 0 aliphatic carbocycles. The number of H-pyrrole nitrogens is 2. The highest BCUT2D eigenvalue weighted by molar-refractivity contribution is 6.15. The second-order valence-electron chi connectivity index (χ2n) is 3.91. The van der Waals surface area contributed by atoms with Gasteiger partial charge in [0.05, 0.1) is 7.11 Å². The number of nitrogens with zero attached hydrogens (tertiary/aromatic N) is 1. The average molecular weight is 241 g/mol. The van der Waals surface area contributed by atoms with Crippen LogP contribution in [-0.4, -0.2) is 28.1 Å². The quantitative estimate of drug-likeness (QED) is 0.690. The summed E-state index contributed by atoms with van der Waals surface area (Å²) >= 11 is 0. The van der Waals surface area contributed by atoms with Gasteiger partial charge in [-0.2, -0.15) is 5.10 Å². The van der Waals surface area contributed by atoms with Crippen LogP contribution in [0.3, 0.4) is 0 Å². The number of nitrogens with one attached hydrogen (secondary N) is 2. The Hall–Kier alpha value is -2.56. The first kappa shape index (κ1) is 10.6. The van der Waals surface area contributed by atoms with E-state index in [2.05, 4.69) is 15.2 Å². The number of benzene rings is 1. The number of carbonyl (C=O) groups excluding carboxylic acids is 1. The summed E-state index contributed by atoms with van der Waals surface area (Å²) in [4.78, 5) is 15.3. The first-order chi connectivity index (χ1) is 8.79. The highest BCUT2D eigenvalue weighted by Gasteiger charge is 2.15. The van der Waals surface area contributed by atoms with Crippen LogP contribution < -0.4 is 4.74 Å². The third-order valence-electron chi connectivity index (χ3n) is 2.88. The van der Waals surface area contributed by atoms with Gasteiger partial charge in [-0.15, -0.1) is 0 Å². The van der Waals surface area contributed by atoms with E-state index >= 15 is 0 Å². The van der Waals surface area contributed by atoms with E-state index in [4.69, 9.17) is 4.74 Å². The fraction of sp³-hybridized carbons (Fsp3) is 0.0769. The van der Waals surface area contributed by atoms with Crippen LogP contribution in [0.5, 0.6) is 5.75 Å². The summed E-state index contributed by atoms with van der Waals surface area (Å²) in [7, 11) is 1.60. The lowest BCUT2D eigenvalue weighted by molar-refractivity contribution is 0.103. The summed E-state index contributed by atoms with van der Waals surface area (Å²) in [6, 6.07) is 7.23. The Kier molecular flexibility index (Phi) is 2.37. The summed E-state index contributed by atoms with van der Waals surface area (Å²) < 4.78 is 5.17. The molecule has 18 heavy (non-hydrogen) atoms. The predicted molar refractivity (Wildman–Crippen MR) is 66.9 cm³/mol. The van der Waals surface area contributed by atoms with Crippen molar-refractivity contribution in [3.05, 3.63) is 47.9 Å². The molecule has 3 rings (SSSR count). The molecular formula is C13H11N3O2. The minimum absolute atomic E-state index is 0.0907. The van der Waals surface area contributed by atoms with Crippen molar-refractivity contribution in [2.45, 2.75) is 0 Å². The molecule has 2 N–H and O–H groups in total.